The Labute approximate surface area is 226 Å². The van der Waals surface area contributed by atoms with Gasteiger partial charge in [0.15, 0.2) is 0 Å². The maximum atomic E-state index is 13.7. The van der Waals surface area contributed by atoms with Crippen LogP contribution in [0.15, 0.2) is 66.7 Å². The number of amides is 3. The highest BCUT2D eigenvalue weighted by Crippen LogP contribution is 2.27. The van der Waals surface area contributed by atoms with Crippen LogP contribution in [-0.2, 0) is 11.3 Å². The molecule has 3 aromatic carbocycles. The van der Waals surface area contributed by atoms with Gasteiger partial charge in [-0.25, -0.2) is 8.78 Å². The highest BCUT2D eigenvalue weighted by Gasteiger charge is 2.24. The third-order valence-corrected chi connectivity index (χ3v) is 6.59. The lowest BCUT2D eigenvalue weighted by Gasteiger charge is -2.26. The topological polar surface area (TPSA) is 81.8 Å². The first kappa shape index (κ1) is 27.8. The van der Waals surface area contributed by atoms with E-state index in [9.17, 15) is 23.2 Å². The molecule has 0 bridgehead atoms. The van der Waals surface area contributed by atoms with Crippen molar-refractivity contribution in [1.29, 1.82) is 0 Å². The number of nitrogens with one attached hydrogen (secondary N) is 2. The van der Waals surface area contributed by atoms with E-state index in [0.29, 0.717) is 55.1 Å². The van der Waals surface area contributed by atoms with Crippen molar-refractivity contribution in [3.8, 4) is 0 Å². The third kappa shape index (κ3) is 7.19. The summed E-state index contributed by atoms with van der Waals surface area (Å²) in [6, 6.07) is 16.7. The van der Waals surface area contributed by atoms with Crippen molar-refractivity contribution in [1.82, 2.24) is 10.2 Å². The molecule has 3 amide bonds. The lowest BCUT2D eigenvalue weighted by molar-refractivity contribution is -0.118. The molecular weight excluding hydrogens is 502 g/mol. The largest absolute Gasteiger partial charge is 0.369 e. The van der Waals surface area contributed by atoms with E-state index in [0.717, 1.165) is 5.56 Å². The smallest absolute Gasteiger partial charge is 0.254 e. The molecule has 2 N–H and O–H groups in total. The molecule has 0 aliphatic carbocycles. The fraction of sp³-hybridized carbons (Fsp3) is 0.300. The Morgan fingerprint density at radius 2 is 1.64 bits per heavy atom. The summed E-state index contributed by atoms with van der Waals surface area (Å²) >= 11 is 0. The number of anilines is 2. The third-order valence-electron chi connectivity index (χ3n) is 6.59. The van der Waals surface area contributed by atoms with Gasteiger partial charge < -0.3 is 20.4 Å². The predicted octanol–water partition coefficient (Wildman–Crippen LogP) is 4.84. The molecule has 0 aromatic heterocycles. The molecule has 7 nitrogen and oxygen atoms in total. The summed E-state index contributed by atoms with van der Waals surface area (Å²) in [7, 11) is 0. The van der Waals surface area contributed by atoms with Gasteiger partial charge in [-0.15, -0.1) is 0 Å². The Balaban J connectivity index is 1.54. The fourth-order valence-corrected chi connectivity index (χ4v) is 4.40. The number of halogens is 2. The normalized spacial score (nSPS) is 13.7. The van der Waals surface area contributed by atoms with Gasteiger partial charge in [-0.2, -0.15) is 0 Å². The minimum atomic E-state index is -0.460. The SMILES string of the molecule is CC(C)C(=O)Nc1ccc(N2CCCN(C(=O)c3cccc(F)c3)CC2)c(C(=O)NCc2ccc(F)cc2)c1. The second kappa shape index (κ2) is 12.5. The molecule has 0 radical (unpaired) electrons. The van der Waals surface area contributed by atoms with Crippen molar-refractivity contribution in [3.63, 3.8) is 0 Å². The van der Waals surface area contributed by atoms with Crippen molar-refractivity contribution >= 4 is 29.1 Å². The van der Waals surface area contributed by atoms with Crippen LogP contribution in [0.5, 0.6) is 0 Å². The molecule has 0 spiro atoms. The molecule has 0 atom stereocenters. The molecule has 39 heavy (non-hydrogen) atoms. The molecule has 4 rings (SSSR count). The summed E-state index contributed by atoms with van der Waals surface area (Å²) < 4.78 is 26.9. The monoisotopic (exact) mass is 534 g/mol. The van der Waals surface area contributed by atoms with Gasteiger partial charge in [0, 0.05) is 55.6 Å². The summed E-state index contributed by atoms with van der Waals surface area (Å²) in [5, 5.41) is 5.73. The summed E-state index contributed by atoms with van der Waals surface area (Å²) in [4.78, 5) is 42.4. The van der Waals surface area contributed by atoms with Crippen LogP contribution in [-0.4, -0.2) is 48.8 Å². The fourth-order valence-electron chi connectivity index (χ4n) is 4.40. The van der Waals surface area contributed by atoms with E-state index in [1.807, 2.05) is 4.90 Å². The zero-order chi connectivity index (χ0) is 27.9. The molecule has 204 valence electrons. The van der Waals surface area contributed by atoms with Gasteiger partial charge in [-0.3, -0.25) is 14.4 Å². The van der Waals surface area contributed by atoms with Crippen LogP contribution in [0.25, 0.3) is 0 Å². The van der Waals surface area contributed by atoms with Gasteiger partial charge in [0.25, 0.3) is 11.8 Å². The molecule has 3 aromatic rings. The van der Waals surface area contributed by atoms with Crippen molar-refractivity contribution in [2.24, 2.45) is 5.92 Å². The maximum Gasteiger partial charge on any atom is 0.254 e. The highest BCUT2D eigenvalue weighted by atomic mass is 19.1. The average Bonchev–Trinajstić information content (AvgIpc) is 3.18. The molecule has 1 saturated heterocycles. The van der Waals surface area contributed by atoms with Crippen LogP contribution in [0.2, 0.25) is 0 Å². The zero-order valence-electron chi connectivity index (χ0n) is 22.0. The number of carbonyl (C=O) groups excluding carboxylic acids is 3. The van der Waals surface area contributed by atoms with Gasteiger partial charge in [0.1, 0.15) is 11.6 Å². The van der Waals surface area contributed by atoms with Crippen molar-refractivity contribution in [3.05, 3.63) is 95.1 Å². The van der Waals surface area contributed by atoms with Crippen LogP contribution in [0.3, 0.4) is 0 Å². The minimum Gasteiger partial charge on any atom is -0.369 e. The number of rotatable bonds is 7. The first-order chi connectivity index (χ1) is 18.7. The Bertz CT molecular complexity index is 1340. The predicted molar refractivity (Wildman–Crippen MR) is 147 cm³/mol. The number of hydrogen-bond donors (Lipinski definition) is 2. The van der Waals surface area contributed by atoms with E-state index < -0.39 is 5.82 Å². The summed E-state index contributed by atoms with van der Waals surface area (Å²) in [5.74, 6) is -1.79. The number of nitrogens with zero attached hydrogens (tertiary/aromatic N) is 2. The molecule has 1 aliphatic rings. The van der Waals surface area contributed by atoms with Gasteiger partial charge in [-0.05, 0) is 60.5 Å². The lowest BCUT2D eigenvalue weighted by atomic mass is 10.1. The summed E-state index contributed by atoms with van der Waals surface area (Å²) in [6.07, 6.45) is 0.656. The van der Waals surface area contributed by atoms with Gasteiger partial charge in [-0.1, -0.05) is 32.0 Å². The van der Waals surface area contributed by atoms with E-state index >= 15 is 0 Å². The van der Waals surface area contributed by atoms with Crippen LogP contribution in [0.4, 0.5) is 20.2 Å². The van der Waals surface area contributed by atoms with Crippen molar-refractivity contribution in [2.75, 3.05) is 36.4 Å². The van der Waals surface area contributed by atoms with Crippen LogP contribution < -0.4 is 15.5 Å². The molecule has 0 unspecified atom stereocenters. The second-order valence-corrected chi connectivity index (χ2v) is 9.83. The van der Waals surface area contributed by atoms with Gasteiger partial charge >= 0.3 is 0 Å². The minimum absolute atomic E-state index is 0.165. The first-order valence-corrected chi connectivity index (χ1v) is 13.0. The molecule has 1 heterocycles. The molecule has 0 saturated carbocycles. The van der Waals surface area contributed by atoms with Gasteiger partial charge in [0.2, 0.25) is 5.91 Å². The Kier molecular flexibility index (Phi) is 8.91. The Hall–Kier alpha value is -4.27. The first-order valence-electron chi connectivity index (χ1n) is 13.0. The average molecular weight is 535 g/mol. The molecule has 1 fully saturated rings. The van der Waals surface area contributed by atoms with E-state index in [1.165, 1.54) is 30.3 Å². The van der Waals surface area contributed by atoms with E-state index in [1.54, 1.807) is 55.1 Å². The standard InChI is InChI=1S/C30H32F2N4O3/c1-20(2)28(37)34-25-11-12-27(26(18-25)29(38)33-19-21-7-9-23(31)10-8-21)35-13-4-14-36(16-15-35)30(39)22-5-3-6-24(32)17-22/h3,5-12,17-18,20H,4,13-16,19H2,1-2H3,(H,33,38)(H,34,37). The zero-order valence-corrected chi connectivity index (χ0v) is 22.0. The second-order valence-electron chi connectivity index (χ2n) is 9.83. The quantitative estimate of drug-likeness (QED) is 0.455. The van der Waals surface area contributed by atoms with Crippen LogP contribution in [0, 0.1) is 17.6 Å². The number of hydrogen-bond acceptors (Lipinski definition) is 4. The molecule has 1 aliphatic heterocycles. The van der Waals surface area contributed by atoms with Crippen molar-refractivity contribution in [2.45, 2.75) is 26.8 Å². The van der Waals surface area contributed by atoms with Crippen molar-refractivity contribution < 1.29 is 23.2 Å². The number of benzene rings is 3. The van der Waals surface area contributed by atoms with Crippen LogP contribution >= 0.6 is 0 Å². The molecule has 9 heteroatoms. The Morgan fingerprint density at radius 1 is 0.872 bits per heavy atom. The molecular formula is C30H32F2N4O3. The van der Waals surface area contributed by atoms with Crippen LogP contribution in [0.1, 0.15) is 46.5 Å². The summed E-state index contributed by atoms with van der Waals surface area (Å²) in [6.45, 7) is 5.75. The van der Waals surface area contributed by atoms with E-state index in [-0.39, 0.29) is 36.0 Å². The highest BCUT2D eigenvalue weighted by molar-refractivity contribution is 6.02. The van der Waals surface area contributed by atoms with E-state index in [4.69, 9.17) is 0 Å². The Morgan fingerprint density at radius 3 is 2.36 bits per heavy atom. The lowest BCUT2D eigenvalue weighted by Crippen LogP contribution is -2.36. The maximum absolute atomic E-state index is 13.7. The van der Waals surface area contributed by atoms with Gasteiger partial charge in [0.05, 0.1) is 5.56 Å². The number of carbonyl (C=O) groups is 3. The van der Waals surface area contributed by atoms with E-state index in [2.05, 4.69) is 10.6 Å². The summed E-state index contributed by atoms with van der Waals surface area (Å²) in [5.41, 5.74) is 2.60.